The van der Waals surface area contributed by atoms with Gasteiger partial charge in [-0.2, -0.15) is 0 Å². The van der Waals surface area contributed by atoms with Crippen LogP contribution in [-0.2, 0) is 11.4 Å². The number of rotatable bonds is 6. The molecule has 0 spiro atoms. The number of methoxy groups -OCH3 is 1. The smallest absolute Gasteiger partial charge is 0.264 e. The van der Waals surface area contributed by atoms with Crippen LogP contribution in [0.4, 0.5) is 5.69 Å². The minimum atomic E-state index is -0.239. The molecule has 1 amide bonds. The van der Waals surface area contributed by atoms with E-state index in [-0.39, 0.29) is 12.5 Å². The Morgan fingerprint density at radius 1 is 1.06 bits per heavy atom. The predicted octanol–water partition coefficient (Wildman–Crippen LogP) is 8.51. The Labute approximate surface area is 237 Å². The number of carbonyl (C=O) groups is 1. The van der Waals surface area contributed by atoms with Gasteiger partial charge >= 0.3 is 0 Å². The molecule has 4 rings (SSSR count). The lowest BCUT2D eigenvalue weighted by Gasteiger charge is -2.14. The van der Waals surface area contributed by atoms with Gasteiger partial charge < -0.3 is 14.8 Å². The normalized spacial score (nSPS) is 15.5. The van der Waals surface area contributed by atoms with Crippen molar-refractivity contribution in [3.63, 3.8) is 0 Å². The molecule has 1 N–H and O–H groups in total. The maximum atomic E-state index is 12.6. The number of nitrogens with zero attached hydrogens (tertiary/aromatic N) is 1. The van der Waals surface area contributed by atoms with Gasteiger partial charge in [0.15, 0.2) is 16.7 Å². The molecule has 0 aliphatic carbocycles. The minimum absolute atomic E-state index is 0.180. The minimum Gasteiger partial charge on any atom is -0.493 e. The van der Waals surface area contributed by atoms with Gasteiger partial charge in [-0.1, -0.05) is 56.8 Å². The molecule has 1 aliphatic heterocycles. The predicted molar refractivity (Wildman–Crippen MR) is 153 cm³/mol. The summed E-state index contributed by atoms with van der Waals surface area (Å²) in [5, 5.41) is 4.69. The molecule has 0 atom stereocenters. The fourth-order valence-electron chi connectivity index (χ4n) is 3.49. The summed E-state index contributed by atoms with van der Waals surface area (Å²) in [4.78, 5) is 17.7. The first-order chi connectivity index (χ1) is 17.1. The van der Waals surface area contributed by atoms with Crippen LogP contribution in [0, 0.1) is 13.8 Å². The average Bonchev–Trinajstić information content (AvgIpc) is 3.15. The Morgan fingerprint density at radius 3 is 2.44 bits per heavy atom. The highest BCUT2D eigenvalue weighted by Gasteiger charge is 2.24. The van der Waals surface area contributed by atoms with Crippen LogP contribution in [-0.4, -0.2) is 18.2 Å². The standard InChI is InChI=1S/C26H20BrCl3N2O3S/c1-13-6-18(7-14(2)23(13)27)31-26-32-25(33)22(36-26)10-15-8-20(30)24(21(9-15)34-3)35-12-16-4-5-17(28)11-19(16)29/h4-11H,12H2,1-3H3,(H,31,32,33)/b22-10-. The van der Waals surface area contributed by atoms with E-state index in [1.165, 1.54) is 18.9 Å². The summed E-state index contributed by atoms with van der Waals surface area (Å²) in [6.45, 7) is 4.18. The van der Waals surface area contributed by atoms with Gasteiger partial charge in [-0.05, 0) is 84.8 Å². The van der Waals surface area contributed by atoms with Crippen molar-refractivity contribution in [2.45, 2.75) is 20.5 Å². The summed E-state index contributed by atoms with van der Waals surface area (Å²) in [5.41, 5.74) is 4.35. The van der Waals surface area contributed by atoms with E-state index in [2.05, 4.69) is 26.2 Å². The van der Waals surface area contributed by atoms with Crippen LogP contribution < -0.4 is 14.8 Å². The van der Waals surface area contributed by atoms with Crippen molar-refractivity contribution in [3.05, 3.63) is 89.2 Å². The molecular formula is C26H20BrCl3N2O3S. The fraction of sp³-hybridized carbons (Fsp3) is 0.154. The van der Waals surface area contributed by atoms with E-state index in [0.29, 0.717) is 42.2 Å². The molecule has 186 valence electrons. The Morgan fingerprint density at radius 2 is 1.78 bits per heavy atom. The lowest BCUT2D eigenvalue weighted by Crippen LogP contribution is -2.19. The van der Waals surface area contributed by atoms with Gasteiger partial charge in [-0.25, -0.2) is 4.99 Å². The van der Waals surface area contributed by atoms with Crippen molar-refractivity contribution >= 4 is 85.3 Å². The van der Waals surface area contributed by atoms with Crippen LogP contribution in [0.5, 0.6) is 11.5 Å². The van der Waals surface area contributed by atoms with Crippen LogP contribution in [0.25, 0.3) is 6.08 Å². The van der Waals surface area contributed by atoms with Gasteiger partial charge in [0.25, 0.3) is 5.91 Å². The topological polar surface area (TPSA) is 59.9 Å². The second-order valence-electron chi connectivity index (χ2n) is 7.93. The summed E-state index contributed by atoms with van der Waals surface area (Å²) in [7, 11) is 1.52. The van der Waals surface area contributed by atoms with Crippen molar-refractivity contribution in [1.82, 2.24) is 5.32 Å². The highest BCUT2D eigenvalue weighted by Crippen LogP contribution is 2.39. The number of aliphatic imine (C=N–C) groups is 1. The molecule has 1 aliphatic rings. The largest absolute Gasteiger partial charge is 0.493 e. The van der Waals surface area contributed by atoms with Crippen molar-refractivity contribution in [1.29, 1.82) is 0 Å². The van der Waals surface area contributed by atoms with Crippen LogP contribution in [0.1, 0.15) is 22.3 Å². The monoisotopic (exact) mass is 624 g/mol. The Balaban J connectivity index is 1.55. The summed E-state index contributed by atoms with van der Waals surface area (Å²) in [5.74, 6) is 0.564. The third-order valence-electron chi connectivity index (χ3n) is 5.24. The number of hydrogen-bond acceptors (Lipinski definition) is 5. The molecule has 0 saturated carbocycles. The maximum Gasteiger partial charge on any atom is 0.264 e. The summed E-state index contributed by atoms with van der Waals surface area (Å²) >= 11 is 23.5. The molecule has 3 aromatic carbocycles. The van der Waals surface area contributed by atoms with Crippen LogP contribution in [0.2, 0.25) is 15.1 Å². The van der Waals surface area contributed by atoms with Gasteiger partial charge in [0.05, 0.1) is 22.7 Å². The van der Waals surface area contributed by atoms with Crippen molar-refractivity contribution in [2.75, 3.05) is 7.11 Å². The maximum absolute atomic E-state index is 12.6. The SMILES string of the molecule is COc1cc(/C=C2\SC(=Nc3cc(C)c(Br)c(C)c3)NC2=O)cc(Cl)c1OCc1ccc(Cl)cc1Cl. The number of nitrogens with one attached hydrogen (secondary N) is 1. The van der Waals surface area contributed by atoms with E-state index in [9.17, 15) is 4.79 Å². The summed E-state index contributed by atoms with van der Waals surface area (Å²) < 4.78 is 12.5. The van der Waals surface area contributed by atoms with E-state index in [1.807, 2.05) is 26.0 Å². The van der Waals surface area contributed by atoms with Crippen LogP contribution in [0.15, 0.2) is 56.8 Å². The second kappa shape index (κ2) is 11.5. The van der Waals surface area contributed by atoms with Gasteiger partial charge in [0.2, 0.25) is 0 Å². The van der Waals surface area contributed by atoms with E-state index >= 15 is 0 Å². The van der Waals surface area contributed by atoms with Crippen molar-refractivity contribution in [2.24, 2.45) is 4.99 Å². The molecule has 0 unspecified atom stereocenters. The van der Waals surface area contributed by atoms with Crippen molar-refractivity contribution < 1.29 is 14.3 Å². The third-order valence-corrected chi connectivity index (χ3v) is 8.27. The number of ether oxygens (including phenoxy) is 2. The molecule has 1 heterocycles. The highest BCUT2D eigenvalue weighted by molar-refractivity contribution is 9.10. The van der Waals surface area contributed by atoms with E-state index < -0.39 is 0 Å². The number of benzene rings is 3. The fourth-order valence-corrected chi connectivity index (χ4v) is 5.30. The lowest BCUT2D eigenvalue weighted by atomic mass is 10.1. The third kappa shape index (κ3) is 6.21. The first kappa shape index (κ1) is 26.9. The van der Waals surface area contributed by atoms with E-state index in [1.54, 1.807) is 36.4 Å². The van der Waals surface area contributed by atoms with E-state index in [4.69, 9.17) is 44.3 Å². The molecule has 1 fully saturated rings. The number of aryl methyl sites for hydroxylation is 2. The molecular weight excluding hydrogens is 607 g/mol. The zero-order valence-electron chi connectivity index (χ0n) is 19.4. The lowest BCUT2D eigenvalue weighted by molar-refractivity contribution is -0.115. The average molecular weight is 627 g/mol. The Hall–Kier alpha value is -2.16. The Bertz CT molecular complexity index is 1400. The first-order valence-electron chi connectivity index (χ1n) is 10.6. The number of amidine groups is 1. The molecule has 10 heteroatoms. The van der Waals surface area contributed by atoms with Gasteiger partial charge in [0, 0.05) is 20.1 Å². The number of carbonyl (C=O) groups excluding carboxylic acids is 1. The Kier molecular flexibility index (Phi) is 8.58. The van der Waals surface area contributed by atoms with Crippen LogP contribution in [0.3, 0.4) is 0 Å². The molecule has 36 heavy (non-hydrogen) atoms. The second-order valence-corrected chi connectivity index (χ2v) is 11.0. The van der Waals surface area contributed by atoms with Crippen molar-refractivity contribution in [3.8, 4) is 11.5 Å². The van der Waals surface area contributed by atoms with E-state index in [0.717, 1.165) is 26.9 Å². The molecule has 0 aromatic heterocycles. The number of thioether (sulfide) groups is 1. The summed E-state index contributed by atoms with van der Waals surface area (Å²) in [6.07, 6.45) is 1.73. The first-order valence-corrected chi connectivity index (χ1v) is 13.4. The number of hydrogen-bond donors (Lipinski definition) is 1. The zero-order valence-corrected chi connectivity index (χ0v) is 24.1. The van der Waals surface area contributed by atoms with Gasteiger partial charge in [-0.3, -0.25) is 4.79 Å². The van der Waals surface area contributed by atoms with Gasteiger partial charge in [0.1, 0.15) is 6.61 Å². The molecule has 1 saturated heterocycles. The highest BCUT2D eigenvalue weighted by atomic mass is 79.9. The van der Waals surface area contributed by atoms with Crippen LogP contribution >= 0.6 is 62.5 Å². The zero-order chi connectivity index (χ0) is 26.0. The molecule has 0 radical (unpaired) electrons. The number of halogens is 4. The van der Waals surface area contributed by atoms with Gasteiger partial charge in [-0.15, -0.1) is 0 Å². The quantitative estimate of drug-likeness (QED) is 0.279. The number of amides is 1. The molecule has 0 bridgehead atoms. The summed E-state index contributed by atoms with van der Waals surface area (Å²) in [6, 6.07) is 12.6. The molecule has 3 aromatic rings. The molecule has 5 nitrogen and oxygen atoms in total.